The average molecular weight is 368 g/mol. The van der Waals surface area contributed by atoms with E-state index in [-0.39, 0.29) is 48.5 Å². The number of rotatable bonds is 8. The van der Waals surface area contributed by atoms with E-state index in [1.807, 2.05) is 12.1 Å². The molecule has 1 heterocycles. The first-order chi connectivity index (χ1) is 11.5. The van der Waals surface area contributed by atoms with Crippen LogP contribution in [0.2, 0.25) is 0 Å². The van der Waals surface area contributed by atoms with Crippen LogP contribution < -0.4 is 16.4 Å². The summed E-state index contributed by atoms with van der Waals surface area (Å²) in [5.74, 6) is -0.890. The summed E-state index contributed by atoms with van der Waals surface area (Å²) < 4.78 is 0. The molecule has 1 fully saturated rings. The topological polar surface area (TPSA) is 101 Å². The van der Waals surface area contributed by atoms with Gasteiger partial charge in [-0.2, -0.15) is 0 Å². The van der Waals surface area contributed by atoms with Crippen molar-refractivity contribution in [2.24, 2.45) is 11.7 Å². The van der Waals surface area contributed by atoms with Crippen molar-refractivity contribution in [2.75, 3.05) is 6.54 Å². The van der Waals surface area contributed by atoms with E-state index in [0.29, 0.717) is 18.5 Å². The third-order valence-corrected chi connectivity index (χ3v) is 4.29. The van der Waals surface area contributed by atoms with E-state index in [9.17, 15) is 14.4 Å². The fourth-order valence-corrected chi connectivity index (χ4v) is 2.82. The third-order valence-electron chi connectivity index (χ3n) is 4.29. The van der Waals surface area contributed by atoms with Gasteiger partial charge in [-0.1, -0.05) is 31.9 Å². The Labute approximate surface area is 154 Å². The summed E-state index contributed by atoms with van der Waals surface area (Å²) in [6.07, 6.45) is 3.71. The first kappa shape index (κ1) is 21.1. The van der Waals surface area contributed by atoms with Crippen LogP contribution in [0.3, 0.4) is 0 Å². The van der Waals surface area contributed by atoms with Gasteiger partial charge in [0.15, 0.2) is 0 Å². The minimum atomic E-state index is -0.312. The number of hydrogen-bond acceptors (Lipinski definition) is 4. The molecule has 1 aromatic rings. The average Bonchev–Trinajstić information content (AvgIpc) is 2.89. The lowest BCUT2D eigenvalue weighted by Crippen LogP contribution is -2.40. The lowest BCUT2D eigenvalue weighted by atomic mass is 9.97. The zero-order chi connectivity index (χ0) is 17.5. The Morgan fingerprint density at radius 3 is 2.52 bits per heavy atom. The van der Waals surface area contributed by atoms with Gasteiger partial charge in [-0.05, 0) is 30.5 Å². The van der Waals surface area contributed by atoms with Crippen molar-refractivity contribution < 1.29 is 14.4 Å². The number of carbonyl (C=O) groups excluding carboxylic acids is 3. The maximum atomic E-state index is 12.3. The van der Waals surface area contributed by atoms with Crippen LogP contribution in [0.15, 0.2) is 24.3 Å². The summed E-state index contributed by atoms with van der Waals surface area (Å²) in [5.41, 5.74) is 7.20. The SMILES string of the molecule is CCCCC(CN)NC(=O)c1ccc(CC2CC(=O)NC2=O)cc1.Cl. The number of nitrogens with two attached hydrogens (primary N) is 1. The molecule has 4 N–H and O–H groups in total. The van der Waals surface area contributed by atoms with Gasteiger partial charge in [-0.3, -0.25) is 19.7 Å². The van der Waals surface area contributed by atoms with Crippen LogP contribution >= 0.6 is 12.4 Å². The Bertz CT molecular complexity index is 604. The molecule has 25 heavy (non-hydrogen) atoms. The van der Waals surface area contributed by atoms with E-state index >= 15 is 0 Å². The van der Waals surface area contributed by atoms with E-state index in [4.69, 9.17) is 5.73 Å². The van der Waals surface area contributed by atoms with Gasteiger partial charge in [0.1, 0.15) is 0 Å². The maximum absolute atomic E-state index is 12.3. The molecule has 0 saturated carbocycles. The molecule has 0 radical (unpaired) electrons. The van der Waals surface area contributed by atoms with Crippen LogP contribution in [-0.2, 0) is 16.0 Å². The number of carbonyl (C=O) groups is 3. The standard InChI is InChI=1S/C18H25N3O3.ClH/c1-2-3-4-15(11-19)20-17(23)13-7-5-12(6-8-13)9-14-10-16(22)21-18(14)24;/h5-8,14-15H,2-4,9-11,19H2,1H3,(H,20,23)(H,21,22,24);1H. The van der Waals surface area contributed by atoms with Crippen molar-refractivity contribution in [3.05, 3.63) is 35.4 Å². The predicted molar refractivity (Wildman–Crippen MR) is 98.5 cm³/mol. The Balaban J connectivity index is 0.00000312. The van der Waals surface area contributed by atoms with Crippen molar-refractivity contribution in [2.45, 2.75) is 45.1 Å². The van der Waals surface area contributed by atoms with Crippen LogP contribution in [-0.4, -0.2) is 30.3 Å². The monoisotopic (exact) mass is 367 g/mol. The number of benzene rings is 1. The molecule has 6 nitrogen and oxygen atoms in total. The normalized spacial score (nSPS) is 17.6. The zero-order valence-electron chi connectivity index (χ0n) is 14.4. The van der Waals surface area contributed by atoms with Crippen LogP contribution in [0, 0.1) is 5.92 Å². The molecular weight excluding hydrogens is 342 g/mol. The maximum Gasteiger partial charge on any atom is 0.251 e. The van der Waals surface area contributed by atoms with Crippen molar-refractivity contribution in [3.8, 4) is 0 Å². The van der Waals surface area contributed by atoms with E-state index in [0.717, 1.165) is 24.8 Å². The Hall–Kier alpha value is -1.92. The molecule has 3 amide bonds. The highest BCUT2D eigenvalue weighted by Gasteiger charge is 2.30. The van der Waals surface area contributed by atoms with Gasteiger partial charge >= 0.3 is 0 Å². The van der Waals surface area contributed by atoms with Crippen molar-refractivity contribution >= 4 is 30.1 Å². The van der Waals surface area contributed by atoms with Gasteiger partial charge in [-0.15, -0.1) is 12.4 Å². The number of hydrogen-bond donors (Lipinski definition) is 3. The molecule has 0 aliphatic carbocycles. The lowest BCUT2D eigenvalue weighted by molar-refractivity contribution is -0.125. The Kier molecular flexibility index (Phi) is 8.58. The first-order valence-corrected chi connectivity index (χ1v) is 8.47. The van der Waals surface area contributed by atoms with Crippen LogP contribution in [0.1, 0.15) is 48.5 Å². The number of unbranched alkanes of at least 4 members (excludes halogenated alkanes) is 1. The van der Waals surface area contributed by atoms with E-state index < -0.39 is 0 Å². The Morgan fingerprint density at radius 1 is 1.32 bits per heavy atom. The second-order valence-electron chi connectivity index (χ2n) is 6.26. The lowest BCUT2D eigenvalue weighted by Gasteiger charge is -2.16. The van der Waals surface area contributed by atoms with Crippen molar-refractivity contribution in [1.82, 2.24) is 10.6 Å². The molecule has 7 heteroatoms. The van der Waals surface area contributed by atoms with Gasteiger partial charge in [0.25, 0.3) is 5.91 Å². The molecule has 0 spiro atoms. The second-order valence-corrected chi connectivity index (χ2v) is 6.26. The van der Waals surface area contributed by atoms with Crippen LogP contribution in [0.5, 0.6) is 0 Å². The van der Waals surface area contributed by atoms with Gasteiger partial charge in [0, 0.05) is 24.6 Å². The van der Waals surface area contributed by atoms with Crippen molar-refractivity contribution in [1.29, 1.82) is 0 Å². The summed E-state index contributed by atoms with van der Waals surface area (Å²) in [6.45, 7) is 2.53. The highest BCUT2D eigenvalue weighted by atomic mass is 35.5. The van der Waals surface area contributed by atoms with E-state index in [2.05, 4.69) is 17.6 Å². The van der Waals surface area contributed by atoms with Gasteiger partial charge < -0.3 is 11.1 Å². The van der Waals surface area contributed by atoms with Gasteiger partial charge in [0.05, 0.1) is 5.92 Å². The fourth-order valence-electron chi connectivity index (χ4n) is 2.82. The molecule has 1 aromatic carbocycles. The molecular formula is C18H26ClN3O3. The number of halogens is 1. The molecule has 0 aromatic heterocycles. The molecule has 2 unspecified atom stereocenters. The first-order valence-electron chi connectivity index (χ1n) is 8.47. The smallest absolute Gasteiger partial charge is 0.251 e. The van der Waals surface area contributed by atoms with Crippen molar-refractivity contribution in [3.63, 3.8) is 0 Å². The van der Waals surface area contributed by atoms with Crippen LogP contribution in [0.4, 0.5) is 0 Å². The van der Waals surface area contributed by atoms with E-state index in [1.165, 1.54) is 0 Å². The Morgan fingerprint density at radius 2 is 2.00 bits per heavy atom. The fraction of sp³-hybridized carbons (Fsp3) is 0.500. The highest BCUT2D eigenvalue weighted by molar-refractivity contribution is 6.03. The summed E-state index contributed by atoms with van der Waals surface area (Å²) in [7, 11) is 0. The second kappa shape index (κ2) is 10.2. The molecule has 1 aliphatic heterocycles. The summed E-state index contributed by atoms with van der Waals surface area (Å²) in [4.78, 5) is 35.1. The van der Waals surface area contributed by atoms with E-state index in [1.54, 1.807) is 12.1 Å². The molecule has 2 rings (SSSR count). The molecule has 138 valence electrons. The predicted octanol–water partition coefficient (Wildman–Crippen LogP) is 1.56. The molecule has 1 aliphatic rings. The highest BCUT2D eigenvalue weighted by Crippen LogP contribution is 2.17. The van der Waals surface area contributed by atoms with Gasteiger partial charge in [-0.25, -0.2) is 0 Å². The minimum absolute atomic E-state index is 0. The molecule has 0 bridgehead atoms. The summed E-state index contributed by atoms with van der Waals surface area (Å²) in [6, 6.07) is 7.13. The number of imide groups is 1. The molecule has 1 saturated heterocycles. The summed E-state index contributed by atoms with van der Waals surface area (Å²) >= 11 is 0. The zero-order valence-corrected chi connectivity index (χ0v) is 15.2. The number of nitrogens with one attached hydrogen (secondary N) is 2. The largest absolute Gasteiger partial charge is 0.348 e. The quantitative estimate of drug-likeness (QED) is 0.607. The van der Waals surface area contributed by atoms with Gasteiger partial charge in [0.2, 0.25) is 11.8 Å². The molecule has 2 atom stereocenters. The third kappa shape index (κ3) is 6.14. The summed E-state index contributed by atoms with van der Waals surface area (Å²) in [5, 5.41) is 5.26. The minimum Gasteiger partial charge on any atom is -0.348 e. The van der Waals surface area contributed by atoms with Crippen LogP contribution in [0.25, 0.3) is 0 Å². The number of amides is 3.